The van der Waals surface area contributed by atoms with E-state index in [1.54, 1.807) is 24.3 Å². The fourth-order valence-electron chi connectivity index (χ4n) is 2.65. The van der Waals surface area contributed by atoms with Crippen LogP contribution in [0.3, 0.4) is 0 Å². The first-order valence-electron chi connectivity index (χ1n) is 8.38. The largest absolute Gasteiger partial charge is 2.00 e. The molecule has 0 aromatic heterocycles. The Kier molecular flexibility index (Phi) is 8.72. The second-order valence-corrected chi connectivity index (χ2v) is 5.72. The molecule has 0 aliphatic heterocycles. The average molecular weight is 476 g/mol. The summed E-state index contributed by atoms with van der Waals surface area (Å²) in [7, 11) is 0. The van der Waals surface area contributed by atoms with Crippen molar-refractivity contribution in [3.05, 3.63) is 109 Å². The number of para-hydroxylation sites is 2. The molecule has 4 rings (SSSR count). The maximum Gasteiger partial charge on any atom is 2.00 e. The van der Waals surface area contributed by atoms with Crippen LogP contribution in [-0.2, 0) is 0 Å². The second kappa shape index (κ2) is 11.0. The Balaban J connectivity index is 0.000000187. The topological polar surface area (TPSA) is 46.1 Å². The van der Waals surface area contributed by atoms with Crippen molar-refractivity contribution in [1.29, 1.82) is 0 Å². The summed E-state index contributed by atoms with van der Waals surface area (Å²) in [6.07, 6.45) is 0. The molecule has 4 aromatic carbocycles. The second-order valence-electron chi connectivity index (χ2n) is 5.72. The van der Waals surface area contributed by atoms with Crippen LogP contribution in [0.15, 0.2) is 109 Å². The number of hydrogen-bond donors (Lipinski definition) is 0. The van der Waals surface area contributed by atoms with Gasteiger partial charge in [-0.15, -0.1) is 11.5 Å². The Hall–Kier alpha value is -1.95. The van der Waals surface area contributed by atoms with Gasteiger partial charge in [-0.2, -0.15) is 0 Å². The van der Waals surface area contributed by atoms with Crippen molar-refractivity contribution in [3.8, 4) is 33.8 Å². The van der Waals surface area contributed by atoms with Gasteiger partial charge in [0, 0.05) is 0 Å². The molecule has 0 aliphatic rings. The first kappa shape index (κ1) is 21.4. The zero-order chi connectivity index (χ0) is 18.2. The quantitative estimate of drug-likeness (QED) is 0.402. The van der Waals surface area contributed by atoms with Crippen molar-refractivity contribution in [2.45, 2.75) is 0 Å². The Morgan fingerprint density at radius 1 is 0.370 bits per heavy atom. The van der Waals surface area contributed by atoms with Crippen molar-refractivity contribution in [1.82, 2.24) is 0 Å². The molecule has 0 saturated carbocycles. The predicted octanol–water partition coefficient (Wildman–Crippen LogP) is 4.47. The van der Waals surface area contributed by atoms with Crippen LogP contribution in [0, 0.1) is 0 Å². The summed E-state index contributed by atoms with van der Waals surface area (Å²) >= 11 is 0. The Morgan fingerprint density at radius 3 is 1.00 bits per heavy atom. The van der Waals surface area contributed by atoms with Crippen molar-refractivity contribution < 1.29 is 10.2 Å². The van der Waals surface area contributed by atoms with Crippen LogP contribution in [0.2, 0.25) is 0 Å². The first-order valence-corrected chi connectivity index (χ1v) is 8.38. The SMILES string of the molecule is [Ba+2].[O-]c1ccccc1-c1ccccc1.[O-]c1ccccc1-c1ccccc1. The summed E-state index contributed by atoms with van der Waals surface area (Å²) in [5.74, 6) is 0.155. The summed E-state index contributed by atoms with van der Waals surface area (Å²) in [5.41, 5.74) is 3.49. The maximum absolute atomic E-state index is 11.4. The normalized spacial score (nSPS) is 9.48. The van der Waals surface area contributed by atoms with Gasteiger partial charge in [0.25, 0.3) is 0 Å². The maximum atomic E-state index is 11.4. The molecule has 128 valence electrons. The van der Waals surface area contributed by atoms with Crippen LogP contribution < -0.4 is 10.2 Å². The molecule has 0 bridgehead atoms. The molecule has 0 atom stereocenters. The summed E-state index contributed by atoms with van der Waals surface area (Å²) < 4.78 is 0. The van der Waals surface area contributed by atoms with Crippen molar-refractivity contribution in [2.24, 2.45) is 0 Å². The van der Waals surface area contributed by atoms with Gasteiger partial charge in [0.15, 0.2) is 0 Å². The van der Waals surface area contributed by atoms with E-state index in [1.807, 2.05) is 84.9 Å². The molecule has 0 saturated heterocycles. The van der Waals surface area contributed by atoms with Crippen molar-refractivity contribution in [2.75, 3.05) is 0 Å². The van der Waals surface area contributed by atoms with E-state index in [4.69, 9.17) is 0 Å². The van der Waals surface area contributed by atoms with Gasteiger partial charge in [0.2, 0.25) is 0 Å². The number of rotatable bonds is 2. The van der Waals surface area contributed by atoms with E-state index in [-0.39, 0.29) is 60.4 Å². The van der Waals surface area contributed by atoms with E-state index < -0.39 is 0 Å². The molecular weight excluding hydrogens is 458 g/mol. The van der Waals surface area contributed by atoms with Crippen LogP contribution in [0.25, 0.3) is 22.3 Å². The molecule has 0 spiro atoms. The molecule has 0 amide bonds. The summed E-state index contributed by atoms with van der Waals surface area (Å²) in [4.78, 5) is 0. The van der Waals surface area contributed by atoms with Crippen molar-refractivity contribution in [3.63, 3.8) is 0 Å². The molecule has 0 fully saturated rings. The van der Waals surface area contributed by atoms with Gasteiger partial charge in [-0.25, -0.2) is 0 Å². The third-order valence-corrected chi connectivity index (χ3v) is 3.94. The first-order chi connectivity index (χ1) is 12.8. The van der Waals surface area contributed by atoms with Crippen LogP contribution in [0.4, 0.5) is 0 Å². The molecule has 4 aromatic rings. The zero-order valence-corrected chi connectivity index (χ0v) is 19.4. The van der Waals surface area contributed by atoms with Gasteiger partial charge >= 0.3 is 48.9 Å². The molecule has 0 N–H and O–H groups in total. The molecule has 0 radical (unpaired) electrons. The van der Waals surface area contributed by atoms with Crippen LogP contribution in [0.1, 0.15) is 0 Å². The number of hydrogen-bond acceptors (Lipinski definition) is 2. The fourth-order valence-corrected chi connectivity index (χ4v) is 2.65. The minimum absolute atomic E-state index is 0. The Bertz CT molecular complexity index is 873. The third kappa shape index (κ3) is 6.03. The van der Waals surface area contributed by atoms with E-state index in [9.17, 15) is 10.2 Å². The smallest absolute Gasteiger partial charge is 0.872 e. The Morgan fingerprint density at radius 2 is 0.667 bits per heavy atom. The molecule has 3 heteroatoms. The van der Waals surface area contributed by atoms with Crippen LogP contribution in [-0.4, -0.2) is 48.9 Å². The molecular formula is C24H18BaO2. The summed E-state index contributed by atoms with van der Waals surface area (Å²) in [6.45, 7) is 0. The van der Waals surface area contributed by atoms with E-state index >= 15 is 0 Å². The van der Waals surface area contributed by atoms with Crippen LogP contribution in [0.5, 0.6) is 11.5 Å². The molecule has 0 aliphatic carbocycles. The average Bonchev–Trinajstić information content (AvgIpc) is 2.71. The third-order valence-electron chi connectivity index (χ3n) is 3.94. The molecule has 0 heterocycles. The predicted molar refractivity (Wildman–Crippen MR) is 108 cm³/mol. The van der Waals surface area contributed by atoms with Crippen LogP contribution >= 0.6 is 0 Å². The Labute approximate surface area is 200 Å². The van der Waals surface area contributed by atoms with E-state index in [1.165, 1.54) is 0 Å². The van der Waals surface area contributed by atoms with Gasteiger partial charge < -0.3 is 10.2 Å². The summed E-state index contributed by atoms with van der Waals surface area (Å²) in [6, 6.07) is 33.5. The standard InChI is InChI=1S/2C12H10O.Ba/c2*13-12-9-5-4-8-11(12)10-6-2-1-3-7-10;/h2*1-9,13H;/q;;+2/p-2. The van der Waals surface area contributed by atoms with E-state index in [0.717, 1.165) is 22.3 Å². The molecule has 27 heavy (non-hydrogen) atoms. The van der Waals surface area contributed by atoms with Crippen molar-refractivity contribution >= 4 is 48.9 Å². The monoisotopic (exact) mass is 476 g/mol. The molecule has 2 nitrogen and oxygen atoms in total. The van der Waals surface area contributed by atoms with Gasteiger partial charge in [-0.3, -0.25) is 0 Å². The zero-order valence-electron chi connectivity index (χ0n) is 14.9. The van der Waals surface area contributed by atoms with Gasteiger partial charge in [-0.1, -0.05) is 109 Å². The van der Waals surface area contributed by atoms with Gasteiger partial charge in [0.05, 0.1) is 0 Å². The minimum atomic E-state index is 0. The fraction of sp³-hybridized carbons (Fsp3) is 0. The van der Waals surface area contributed by atoms with Gasteiger partial charge in [0.1, 0.15) is 0 Å². The number of benzene rings is 4. The minimum Gasteiger partial charge on any atom is -0.872 e. The van der Waals surface area contributed by atoms with Gasteiger partial charge in [-0.05, 0) is 22.3 Å². The summed E-state index contributed by atoms with van der Waals surface area (Å²) in [5, 5.41) is 22.8. The van der Waals surface area contributed by atoms with E-state index in [2.05, 4.69) is 0 Å². The molecule has 0 unspecified atom stereocenters. The van der Waals surface area contributed by atoms with E-state index in [0.29, 0.717) is 0 Å².